The highest BCUT2D eigenvalue weighted by atomic mass is 16.5. The van der Waals surface area contributed by atoms with Gasteiger partial charge in [-0.05, 0) is 244 Å². The molecule has 7 N–H and O–H groups in total. The molecule has 88 heavy (non-hydrogen) atoms. The molecule has 3 aromatic carbocycles. The van der Waals surface area contributed by atoms with Crippen molar-refractivity contribution in [2.75, 3.05) is 19.8 Å². The molecule has 17 rings (SSSR count). The van der Waals surface area contributed by atoms with Gasteiger partial charge >= 0.3 is 0 Å². The number of hydrogen-bond acceptors (Lipinski definition) is 10. The SMILES string of the molecule is C[C@H]1C[C@@]23C[C@@H]4[C@@H](OCCC45CCCC5)[C@H]4[C@@H]5C=C2[C@]2(/C=C/[C@H]6C[C@@H]7C[C@]8(CO)C=CCC[C@H]8C(CO)=C7C(=O)C[C@H]6c6cc(OC7CCCC7)c(O)c(c6C#CC[C@@H](C5)N=C(N)N[C@]56CCCC[C@H]5CCc5ccc(cc56)Cc5cc(O)cc2c5)[C@H]43)C1. The van der Waals surface area contributed by atoms with Crippen molar-refractivity contribution in [2.24, 2.45) is 74.3 Å². The van der Waals surface area contributed by atoms with Crippen molar-refractivity contribution in [1.82, 2.24) is 5.32 Å². The number of carbonyl (C=O) groups is 1. The van der Waals surface area contributed by atoms with E-state index < -0.39 is 16.2 Å². The molecule has 14 aliphatic rings. The first-order valence-corrected chi connectivity index (χ1v) is 35.2. The number of hydrogen-bond donors (Lipinski definition) is 6. The third-order valence-electron chi connectivity index (χ3n) is 27.1. The third-order valence-corrected chi connectivity index (χ3v) is 27.1. The van der Waals surface area contributed by atoms with Gasteiger partial charge < -0.3 is 41.0 Å². The minimum Gasteiger partial charge on any atom is -0.508 e. The van der Waals surface area contributed by atoms with Crippen LogP contribution in [0.3, 0.4) is 0 Å². The summed E-state index contributed by atoms with van der Waals surface area (Å²) in [6.45, 7) is 2.95. The molecular weight excluding hydrogens is 1090 g/mol. The molecule has 462 valence electrons. The average molecular weight is 1180 g/mol. The van der Waals surface area contributed by atoms with Gasteiger partial charge in [0.15, 0.2) is 23.2 Å². The Kier molecular flexibility index (Phi) is 13.4. The summed E-state index contributed by atoms with van der Waals surface area (Å²) in [5, 5.41) is 54.0. The number of allylic oxidation sites excluding steroid dienone is 6. The molecule has 14 bridgehead atoms. The predicted molar refractivity (Wildman–Crippen MR) is 342 cm³/mol. The summed E-state index contributed by atoms with van der Waals surface area (Å²) < 4.78 is 14.9. The molecule has 12 aliphatic carbocycles. The van der Waals surface area contributed by atoms with E-state index in [4.69, 9.17) is 20.2 Å². The van der Waals surface area contributed by atoms with Gasteiger partial charge in [0.1, 0.15) is 5.75 Å². The van der Waals surface area contributed by atoms with Crippen LogP contribution in [-0.2, 0) is 33.3 Å². The van der Waals surface area contributed by atoms with E-state index in [0.29, 0.717) is 55.6 Å². The van der Waals surface area contributed by atoms with Crippen LogP contribution in [0.15, 0.2) is 94.6 Å². The van der Waals surface area contributed by atoms with E-state index in [9.17, 15) is 20.4 Å². The number of aliphatic hydroxyl groups excluding tert-OH is 2. The molecule has 2 heterocycles. The van der Waals surface area contributed by atoms with E-state index in [1.807, 2.05) is 6.07 Å². The predicted octanol–water partition coefficient (Wildman–Crippen LogP) is 13.6. The smallest absolute Gasteiger partial charge is 0.189 e. The van der Waals surface area contributed by atoms with Crippen LogP contribution in [0.1, 0.15) is 217 Å². The highest BCUT2D eigenvalue weighted by Crippen LogP contribution is 2.76. The number of aliphatic imine (C=N–C) groups is 1. The van der Waals surface area contributed by atoms with E-state index in [1.165, 1.54) is 54.4 Å². The van der Waals surface area contributed by atoms with Gasteiger partial charge in [-0.25, -0.2) is 4.99 Å². The summed E-state index contributed by atoms with van der Waals surface area (Å²) in [5.41, 5.74) is 17.5. The lowest BCUT2D eigenvalue weighted by atomic mass is 9.37. The summed E-state index contributed by atoms with van der Waals surface area (Å²) in [7, 11) is 0. The van der Waals surface area contributed by atoms with Gasteiger partial charge in [-0.1, -0.05) is 105 Å². The van der Waals surface area contributed by atoms with Crippen LogP contribution in [0.25, 0.3) is 0 Å². The van der Waals surface area contributed by atoms with E-state index in [-0.39, 0.29) is 113 Å². The summed E-state index contributed by atoms with van der Waals surface area (Å²) >= 11 is 0. The zero-order valence-electron chi connectivity index (χ0n) is 52.0. The van der Waals surface area contributed by atoms with Crippen molar-refractivity contribution < 1.29 is 34.7 Å². The molecule has 2 aliphatic heterocycles. The number of fused-ring (bicyclic) bond motifs is 10. The van der Waals surface area contributed by atoms with Crippen LogP contribution in [0.5, 0.6) is 17.2 Å². The topological polar surface area (TPSA) is 167 Å². The van der Waals surface area contributed by atoms with Gasteiger partial charge in [0.2, 0.25) is 0 Å². The van der Waals surface area contributed by atoms with Crippen molar-refractivity contribution in [3.63, 3.8) is 0 Å². The fourth-order valence-corrected chi connectivity index (χ4v) is 23.9. The van der Waals surface area contributed by atoms with Crippen molar-refractivity contribution in [2.45, 2.75) is 215 Å². The van der Waals surface area contributed by atoms with Crippen molar-refractivity contribution in [3.8, 4) is 29.1 Å². The number of aromatic hydroxyl groups is 2. The molecule has 10 nitrogen and oxygen atoms in total. The van der Waals surface area contributed by atoms with E-state index in [1.54, 1.807) is 0 Å². The van der Waals surface area contributed by atoms with Crippen molar-refractivity contribution >= 4 is 11.7 Å². The molecule has 10 heteroatoms. The summed E-state index contributed by atoms with van der Waals surface area (Å²) in [5.74, 6) is 9.08. The highest BCUT2D eigenvalue weighted by Gasteiger charge is 2.69. The number of aliphatic hydroxyl groups is 2. The van der Waals surface area contributed by atoms with Gasteiger partial charge in [0.05, 0.1) is 37.0 Å². The molecule has 0 amide bonds. The number of carbonyl (C=O) groups excluding carboxylic acids is 1. The second kappa shape index (κ2) is 21.0. The monoisotopic (exact) mass is 1180 g/mol. The zero-order chi connectivity index (χ0) is 59.5. The number of Topliss-reactive ketones (excluding diaryl/α,β-unsaturated/α-hetero) is 1. The Hall–Kier alpha value is -5.60. The maximum Gasteiger partial charge on any atom is 0.189 e. The second-order valence-electron chi connectivity index (χ2n) is 31.5. The molecule has 3 spiro atoms. The third kappa shape index (κ3) is 8.42. The van der Waals surface area contributed by atoms with E-state index >= 15 is 4.79 Å². The number of phenolic OH excluding ortho intramolecular Hbond substituents is 2. The molecule has 16 atom stereocenters. The van der Waals surface area contributed by atoms with Crippen LogP contribution in [0, 0.1) is 75.4 Å². The maximum absolute atomic E-state index is 16.1. The van der Waals surface area contributed by atoms with E-state index in [2.05, 4.69) is 90.9 Å². The number of aryl methyl sites for hydroxylation is 1. The maximum atomic E-state index is 16.1. The average Bonchev–Trinajstić information content (AvgIpc) is 0.874. The van der Waals surface area contributed by atoms with Gasteiger partial charge in [0, 0.05) is 58.3 Å². The molecule has 6 saturated carbocycles. The molecule has 0 radical (unpaired) electrons. The summed E-state index contributed by atoms with van der Waals surface area (Å²) in [6, 6.07) is 15.7. The van der Waals surface area contributed by atoms with Crippen LogP contribution in [0.4, 0.5) is 0 Å². The minimum atomic E-state index is -0.724. The molecule has 7 fully saturated rings. The Morgan fingerprint density at radius 1 is 0.875 bits per heavy atom. The number of guanidine groups is 1. The lowest BCUT2D eigenvalue weighted by Gasteiger charge is -2.68. The fraction of sp³-hybridized carbons (Fsp3) is 0.615. The number of rotatable bonds is 4. The first-order valence-electron chi connectivity index (χ1n) is 35.2. The Morgan fingerprint density at radius 2 is 1.73 bits per heavy atom. The van der Waals surface area contributed by atoms with Gasteiger partial charge in [0.25, 0.3) is 0 Å². The van der Waals surface area contributed by atoms with E-state index in [0.717, 1.165) is 142 Å². The molecular formula is C78H93N3O7. The van der Waals surface area contributed by atoms with Gasteiger partial charge in [-0.2, -0.15) is 0 Å². The quantitative estimate of drug-likeness (QED) is 0.110. The molecule has 3 aromatic rings. The fourth-order valence-electron chi connectivity index (χ4n) is 23.9. The molecule has 0 aromatic heterocycles. The molecule has 1 saturated heterocycles. The number of ether oxygens (including phenoxy) is 2. The zero-order valence-corrected chi connectivity index (χ0v) is 52.0. The van der Waals surface area contributed by atoms with Crippen LogP contribution in [-0.4, -0.2) is 70.2 Å². The van der Waals surface area contributed by atoms with Crippen LogP contribution in [0.2, 0.25) is 0 Å². The number of nitrogens with two attached hydrogens (primary N) is 1. The number of nitrogens with one attached hydrogen (secondary N) is 1. The Bertz CT molecular complexity index is 3610. The number of phenols is 2. The first kappa shape index (κ1) is 56.4. The standard InChI is InChI=1S/C78H93N3O7/c1-45-39-76-26-21-49-33-51-41-75(44-83)24-6-5-16-61(75)60(43-82)67(51)64(85)37-58(49)59-38-65(88-56-13-2-3-14-56)71(86)69-57(59)15-10-12-54(34-50-35-66(76)77(40-45)42-63-72(68(50)70(69)77)87-28-27-74(63)22-8-9-23-74)80-73(79)81-78-25-7-4-11-52(78)20-19-48-18-17-46(32-62(48)78)29-47-30-53(76)36-55(84)31-47/h6,17-18,21,24,26,30-32,35-36,38,45,49-52,54,56,58,61,63,68,70,72,82-84,86H,2-5,7-9,11-14,16,19-20,22-23,25,27-29,33-34,37,39-44H2,1H3,(H3,79,80,81)/b26-21+/t45-,49+,50+,51-,52+,54+,58-,61+,63-,68+,70+,72-,75+,76-,77-,78-/m1/s1. The lowest BCUT2D eigenvalue weighted by Crippen LogP contribution is -2.63. The minimum absolute atomic E-state index is 0.0435. The highest BCUT2D eigenvalue weighted by molar-refractivity contribution is 5.98. The first-order chi connectivity index (χ1) is 42.8. The normalized spacial score (nSPS) is 40.1. The Balaban J connectivity index is 0.983. The van der Waals surface area contributed by atoms with Crippen molar-refractivity contribution in [1.29, 1.82) is 0 Å². The number of nitrogens with zero attached hydrogens (tertiary/aromatic N) is 1. The number of benzene rings is 3. The van der Waals surface area contributed by atoms with Gasteiger partial charge in [-0.15, -0.1) is 0 Å². The second-order valence-corrected chi connectivity index (χ2v) is 31.5. The Morgan fingerprint density at radius 3 is 2.58 bits per heavy atom. The van der Waals surface area contributed by atoms with Crippen molar-refractivity contribution in [3.05, 3.63) is 134 Å². The number of ketones is 1. The summed E-state index contributed by atoms with van der Waals surface area (Å²) in [6.07, 6.45) is 36.4. The van der Waals surface area contributed by atoms with Gasteiger partial charge in [-0.3, -0.25) is 4.79 Å². The summed E-state index contributed by atoms with van der Waals surface area (Å²) in [4.78, 5) is 21.8. The lowest BCUT2D eigenvalue weighted by molar-refractivity contribution is -0.190. The molecule has 0 unspecified atom stereocenters. The largest absolute Gasteiger partial charge is 0.508 e. The Labute approximate surface area is 521 Å². The van der Waals surface area contributed by atoms with Crippen LogP contribution < -0.4 is 15.8 Å². The van der Waals surface area contributed by atoms with Crippen LogP contribution >= 0.6 is 0 Å².